The van der Waals surface area contributed by atoms with Gasteiger partial charge in [-0.25, -0.2) is 17.2 Å². The number of nitrogens with zero attached hydrogens (tertiary/aromatic N) is 1. The highest BCUT2D eigenvalue weighted by Gasteiger charge is 2.31. The van der Waals surface area contributed by atoms with Crippen LogP contribution < -0.4 is 9.62 Å². The Morgan fingerprint density at radius 3 is 2.06 bits per heavy atom. The molecule has 0 spiro atoms. The van der Waals surface area contributed by atoms with Gasteiger partial charge in [0.15, 0.2) is 11.6 Å². The molecule has 0 fully saturated rings. The molecule has 2 atom stereocenters. The van der Waals surface area contributed by atoms with Crippen LogP contribution in [0.2, 0.25) is 0 Å². The molecule has 0 radical (unpaired) electrons. The first-order valence-corrected chi connectivity index (χ1v) is 11.8. The van der Waals surface area contributed by atoms with Gasteiger partial charge >= 0.3 is 0 Å². The summed E-state index contributed by atoms with van der Waals surface area (Å²) < 4.78 is 52.9. The third kappa shape index (κ3) is 5.31. The molecule has 0 bridgehead atoms. The molecule has 0 aromatic heterocycles. The molecular formula is C24H24F2N2O3S. The minimum absolute atomic E-state index is 0.138. The van der Waals surface area contributed by atoms with Gasteiger partial charge in [0.05, 0.1) is 18.0 Å². The predicted octanol–water partition coefficient (Wildman–Crippen LogP) is 4.33. The average Bonchev–Trinajstić information content (AvgIpc) is 2.75. The SMILES string of the molecule is Cc1ccc([C@@H](NC(=O)[C@H](C)N(c2ccc(F)c(F)c2)S(C)(=O)=O)c2ccccc2)cc1. The number of benzene rings is 3. The van der Waals surface area contributed by atoms with Crippen molar-refractivity contribution in [2.24, 2.45) is 0 Å². The highest BCUT2D eigenvalue weighted by molar-refractivity contribution is 7.92. The van der Waals surface area contributed by atoms with Gasteiger partial charge in [0.1, 0.15) is 6.04 Å². The summed E-state index contributed by atoms with van der Waals surface area (Å²) >= 11 is 0. The Labute approximate surface area is 186 Å². The van der Waals surface area contributed by atoms with Gasteiger partial charge in [0.2, 0.25) is 15.9 Å². The van der Waals surface area contributed by atoms with Crippen molar-refractivity contribution in [3.63, 3.8) is 0 Å². The molecule has 0 aliphatic rings. The van der Waals surface area contributed by atoms with Crippen LogP contribution in [0.15, 0.2) is 72.8 Å². The van der Waals surface area contributed by atoms with Gasteiger partial charge in [-0.15, -0.1) is 0 Å². The molecule has 3 rings (SSSR count). The predicted molar refractivity (Wildman–Crippen MR) is 121 cm³/mol. The first-order valence-electron chi connectivity index (χ1n) is 9.94. The van der Waals surface area contributed by atoms with Gasteiger partial charge in [-0.1, -0.05) is 60.2 Å². The molecule has 0 saturated carbocycles. The van der Waals surface area contributed by atoms with E-state index >= 15 is 0 Å². The Kier molecular flexibility index (Phi) is 6.93. The number of carbonyl (C=O) groups is 1. The topological polar surface area (TPSA) is 66.5 Å². The lowest BCUT2D eigenvalue weighted by molar-refractivity contribution is -0.122. The lowest BCUT2D eigenvalue weighted by atomic mass is 9.97. The van der Waals surface area contributed by atoms with Crippen LogP contribution in [0.5, 0.6) is 0 Å². The number of anilines is 1. The van der Waals surface area contributed by atoms with E-state index in [1.54, 1.807) is 0 Å². The van der Waals surface area contributed by atoms with Crippen LogP contribution in [0.4, 0.5) is 14.5 Å². The minimum Gasteiger partial charge on any atom is -0.343 e. The number of amides is 1. The maximum atomic E-state index is 13.8. The third-order valence-electron chi connectivity index (χ3n) is 5.08. The van der Waals surface area contributed by atoms with Crippen molar-refractivity contribution in [2.75, 3.05) is 10.6 Å². The van der Waals surface area contributed by atoms with Gasteiger partial charge in [-0.05, 0) is 37.1 Å². The fourth-order valence-corrected chi connectivity index (χ4v) is 4.62. The fourth-order valence-electron chi connectivity index (χ4n) is 3.46. The van der Waals surface area contributed by atoms with Crippen LogP contribution >= 0.6 is 0 Å². The van der Waals surface area contributed by atoms with Crippen molar-refractivity contribution in [1.29, 1.82) is 0 Å². The summed E-state index contributed by atoms with van der Waals surface area (Å²) in [5.74, 6) is -2.90. The second-order valence-electron chi connectivity index (χ2n) is 7.60. The van der Waals surface area contributed by atoms with Crippen molar-refractivity contribution in [1.82, 2.24) is 5.32 Å². The van der Waals surface area contributed by atoms with Crippen molar-refractivity contribution in [3.05, 3.63) is 101 Å². The molecule has 8 heteroatoms. The third-order valence-corrected chi connectivity index (χ3v) is 6.32. The molecule has 1 N–H and O–H groups in total. The van der Waals surface area contributed by atoms with Crippen molar-refractivity contribution in [3.8, 4) is 0 Å². The van der Waals surface area contributed by atoms with Gasteiger partial charge in [0, 0.05) is 6.07 Å². The largest absolute Gasteiger partial charge is 0.343 e. The van der Waals surface area contributed by atoms with E-state index in [1.165, 1.54) is 6.92 Å². The van der Waals surface area contributed by atoms with Crippen molar-refractivity contribution < 1.29 is 22.0 Å². The quantitative estimate of drug-likeness (QED) is 0.573. The van der Waals surface area contributed by atoms with Gasteiger partial charge in [-0.3, -0.25) is 9.10 Å². The van der Waals surface area contributed by atoms with Crippen molar-refractivity contribution >= 4 is 21.6 Å². The van der Waals surface area contributed by atoms with Crippen LogP contribution in [0.3, 0.4) is 0 Å². The van der Waals surface area contributed by atoms with Crippen LogP contribution in [0.25, 0.3) is 0 Å². The summed E-state index contributed by atoms with van der Waals surface area (Å²) in [5.41, 5.74) is 2.55. The van der Waals surface area contributed by atoms with E-state index in [2.05, 4.69) is 5.32 Å². The second kappa shape index (κ2) is 9.48. The molecule has 0 unspecified atom stereocenters. The minimum atomic E-state index is -3.98. The number of nitrogens with one attached hydrogen (secondary N) is 1. The molecular weight excluding hydrogens is 434 g/mol. The first kappa shape index (κ1) is 23.4. The number of rotatable bonds is 7. The summed E-state index contributed by atoms with van der Waals surface area (Å²) in [6.07, 6.45) is 0.909. The molecule has 0 aliphatic heterocycles. The van der Waals surface area contributed by atoms with E-state index in [4.69, 9.17) is 0 Å². The van der Waals surface area contributed by atoms with E-state index in [-0.39, 0.29) is 5.69 Å². The zero-order chi connectivity index (χ0) is 23.5. The van der Waals surface area contributed by atoms with Gasteiger partial charge in [-0.2, -0.15) is 0 Å². The maximum Gasteiger partial charge on any atom is 0.244 e. The Morgan fingerprint density at radius 1 is 0.906 bits per heavy atom. The van der Waals surface area contributed by atoms with Crippen molar-refractivity contribution in [2.45, 2.75) is 25.9 Å². The Bertz CT molecular complexity index is 1200. The summed E-state index contributed by atoms with van der Waals surface area (Å²) in [6, 6.07) is 17.8. The monoisotopic (exact) mass is 458 g/mol. The summed E-state index contributed by atoms with van der Waals surface area (Å²) in [7, 11) is -3.98. The lowest BCUT2D eigenvalue weighted by Gasteiger charge is -2.30. The highest BCUT2D eigenvalue weighted by Crippen LogP contribution is 2.26. The molecule has 3 aromatic carbocycles. The molecule has 0 saturated heterocycles. The van der Waals surface area contributed by atoms with E-state index in [0.29, 0.717) is 0 Å². The summed E-state index contributed by atoms with van der Waals surface area (Å²) in [4.78, 5) is 13.2. The van der Waals surface area contributed by atoms with E-state index < -0.39 is 39.6 Å². The highest BCUT2D eigenvalue weighted by atomic mass is 32.2. The standard InChI is InChI=1S/C24H24F2N2O3S/c1-16-9-11-19(12-10-16)23(18-7-5-4-6-8-18)27-24(29)17(2)28(32(3,30)31)20-13-14-21(25)22(26)15-20/h4-15,17,23H,1-3H3,(H,27,29)/t17-,23-/m0/s1. The van der Waals surface area contributed by atoms with Gasteiger partial charge < -0.3 is 5.32 Å². The van der Waals surface area contributed by atoms with E-state index in [9.17, 15) is 22.0 Å². The number of carbonyl (C=O) groups excluding carboxylic acids is 1. The molecule has 0 aliphatic carbocycles. The maximum absolute atomic E-state index is 13.8. The Balaban J connectivity index is 1.96. The zero-order valence-electron chi connectivity index (χ0n) is 17.9. The molecule has 3 aromatic rings. The van der Waals surface area contributed by atoms with E-state index in [0.717, 1.165) is 45.5 Å². The first-order chi connectivity index (χ1) is 15.1. The molecule has 32 heavy (non-hydrogen) atoms. The zero-order valence-corrected chi connectivity index (χ0v) is 18.7. The fraction of sp³-hybridized carbons (Fsp3) is 0.208. The number of halogens is 2. The average molecular weight is 459 g/mol. The smallest absolute Gasteiger partial charge is 0.244 e. The molecule has 168 valence electrons. The van der Waals surface area contributed by atoms with Crippen LogP contribution in [-0.4, -0.2) is 26.6 Å². The normalized spacial score (nSPS) is 13.3. The van der Waals surface area contributed by atoms with Crippen LogP contribution in [0.1, 0.15) is 29.7 Å². The summed E-state index contributed by atoms with van der Waals surface area (Å²) in [5, 5.41) is 2.90. The van der Waals surface area contributed by atoms with E-state index in [1.807, 2.05) is 61.5 Å². The van der Waals surface area contributed by atoms with Crippen LogP contribution in [0, 0.1) is 18.6 Å². The number of hydrogen-bond donors (Lipinski definition) is 1. The second-order valence-corrected chi connectivity index (χ2v) is 9.46. The molecule has 0 heterocycles. The Morgan fingerprint density at radius 2 is 1.50 bits per heavy atom. The lowest BCUT2D eigenvalue weighted by Crippen LogP contribution is -2.48. The summed E-state index contributed by atoms with van der Waals surface area (Å²) in [6.45, 7) is 3.35. The molecule has 1 amide bonds. The number of aryl methyl sites for hydroxylation is 1. The molecule has 5 nitrogen and oxygen atoms in total. The van der Waals surface area contributed by atoms with Crippen LogP contribution in [-0.2, 0) is 14.8 Å². The number of sulfonamides is 1. The number of hydrogen-bond acceptors (Lipinski definition) is 3. The van der Waals surface area contributed by atoms with Gasteiger partial charge in [0.25, 0.3) is 0 Å². The Hall–Kier alpha value is -3.26.